The molecular weight excluding hydrogens is 164 g/mol. The summed E-state index contributed by atoms with van der Waals surface area (Å²) < 4.78 is 4.94. The number of carbonyl (C=O) groups is 1. The van der Waals surface area contributed by atoms with Gasteiger partial charge in [0.05, 0.1) is 12.2 Å². The lowest BCUT2D eigenvalue weighted by Gasteiger charge is -2.15. The summed E-state index contributed by atoms with van der Waals surface area (Å²) in [6.07, 6.45) is 1.87. The van der Waals surface area contributed by atoms with Gasteiger partial charge in [-0.15, -0.1) is 0 Å². The van der Waals surface area contributed by atoms with Crippen LogP contribution in [0.15, 0.2) is 18.2 Å². The Bertz CT molecular complexity index is 342. The third-order valence-electron chi connectivity index (χ3n) is 2.40. The van der Waals surface area contributed by atoms with Gasteiger partial charge in [0.15, 0.2) is 0 Å². The van der Waals surface area contributed by atoms with Crippen molar-refractivity contribution in [2.24, 2.45) is 0 Å². The van der Waals surface area contributed by atoms with Crippen LogP contribution in [0.25, 0.3) is 0 Å². The van der Waals surface area contributed by atoms with Gasteiger partial charge in [-0.2, -0.15) is 0 Å². The number of hydrogen-bond acceptors (Lipinski definition) is 2. The summed E-state index contributed by atoms with van der Waals surface area (Å²) in [5, 5.41) is 0. The molecule has 0 N–H and O–H groups in total. The summed E-state index contributed by atoms with van der Waals surface area (Å²) in [6, 6.07) is 5.97. The van der Waals surface area contributed by atoms with Crippen LogP contribution < -0.4 is 0 Å². The quantitative estimate of drug-likeness (QED) is 0.611. The SMILES string of the molecule is CCc1ccc2c(c1)CCOC2=O. The summed E-state index contributed by atoms with van der Waals surface area (Å²) in [5.74, 6) is -0.177. The zero-order valence-electron chi connectivity index (χ0n) is 7.67. The number of benzene rings is 1. The first kappa shape index (κ1) is 8.30. The Morgan fingerprint density at radius 1 is 1.46 bits per heavy atom. The molecule has 0 amide bonds. The van der Waals surface area contributed by atoms with Gasteiger partial charge in [-0.05, 0) is 23.6 Å². The highest BCUT2D eigenvalue weighted by molar-refractivity contribution is 5.92. The molecule has 2 rings (SSSR count). The number of hydrogen-bond donors (Lipinski definition) is 0. The minimum Gasteiger partial charge on any atom is -0.462 e. The smallest absolute Gasteiger partial charge is 0.338 e. The molecule has 68 valence electrons. The van der Waals surface area contributed by atoms with Crippen LogP contribution in [0.2, 0.25) is 0 Å². The second kappa shape index (κ2) is 3.21. The highest BCUT2D eigenvalue weighted by Gasteiger charge is 2.17. The van der Waals surface area contributed by atoms with E-state index in [4.69, 9.17) is 4.74 Å². The number of cyclic esters (lactones) is 1. The monoisotopic (exact) mass is 176 g/mol. The molecule has 2 heteroatoms. The van der Waals surface area contributed by atoms with Crippen molar-refractivity contribution < 1.29 is 9.53 Å². The normalized spacial score (nSPS) is 15.0. The lowest BCUT2D eigenvalue weighted by molar-refractivity contribution is 0.0480. The van der Waals surface area contributed by atoms with Crippen LogP contribution in [0.1, 0.15) is 28.4 Å². The third-order valence-corrected chi connectivity index (χ3v) is 2.40. The molecule has 0 aromatic heterocycles. The van der Waals surface area contributed by atoms with Crippen molar-refractivity contribution in [1.29, 1.82) is 0 Å². The number of esters is 1. The molecule has 1 aliphatic rings. The van der Waals surface area contributed by atoms with E-state index in [-0.39, 0.29) is 5.97 Å². The molecule has 0 saturated carbocycles. The molecule has 0 spiro atoms. The standard InChI is InChI=1S/C11H12O2/c1-2-8-3-4-10-9(7-8)5-6-13-11(10)12/h3-4,7H,2,5-6H2,1H3. The summed E-state index contributed by atoms with van der Waals surface area (Å²) in [7, 11) is 0. The second-order valence-corrected chi connectivity index (χ2v) is 3.23. The number of rotatable bonds is 1. The van der Waals surface area contributed by atoms with Gasteiger partial charge in [-0.25, -0.2) is 4.79 Å². The fraction of sp³-hybridized carbons (Fsp3) is 0.364. The summed E-state index contributed by atoms with van der Waals surface area (Å²) in [5.41, 5.74) is 3.16. The number of fused-ring (bicyclic) bond motifs is 1. The van der Waals surface area contributed by atoms with Crippen LogP contribution in [0.4, 0.5) is 0 Å². The van der Waals surface area contributed by atoms with Crippen molar-refractivity contribution in [3.8, 4) is 0 Å². The number of ether oxygens (including phenoxy) is 1. The zero-order valence-corrected chi connectivity index (χ0v) is 7.67. The van der Waals surface area contributed by atoms with Gasteiger partial charge in [0.1, 0.15) is 0 Å². The molecule has 13 heavy (non-hydrogen) atoms. The average Bonchev–Trinajstić information content (AvgIpc) is 2.18. The average molecular weight is 176 g/mol. The van der Waals surface area contributed by atoms with E-state index in [0.29, 0.717) is 6.61 Å². The van der Waals surface area contributed by atoms with E-state index < -0.39 is 0 Å². The van der Waals surface area contributed by atoms with Crippen molar-refractivity contribution in [3.63, 3.8) is 0 Å². The fourth-order valence-electron chi connectivity index (χ4n) is 1.60. The molecule has 1 heterocycles. The van der Waals surface area contributed by atoms with E-state index in [0.717, 1.165) is 24.0 Å². The van der Waals surface area contributed by atoms with Gasteiger partial charge >= 0.3 is 5.97 Å². The fourth-order valence-corrected chi connectivity index (χ4v) is 1.60. The van der Waals surface area contributed by atoms with E-state index in [1.807, 2.05) is 12.1 Å². The molecule has 0 unspecified atom stereocenters. The first-order valence-corrected chi connectivity index (χ1v) is 4.60. The number of aryl methyl sites for hydroxylation is 1. The second-order valence-electron chi connectivity index (χ2n) is 3.23. The molecule has 0 aliphatic carbocycles. The van der Waals surface area contributed by atoms with E-state index in [2.05, 4.69) is 13.0 Å². The topological polar surface area (TPSA) is 26.3 Å². The van der Waals surface area contributed by atoms with E-state index in [9.17, 15) is 4.79 Å². The highest BCUT2D eigenvalue weighted by atomic mass is 16.5. The molecule has 0 fully saturated rings. The lowest BCUT2D eigenvalue weighted by Crippen LogP contribution is -2.17. The largest absolute Gasteiger partial charge is 0.462 e. The predicted octanol–water partition coefficient (Wildman–Crippen LogP) is 1.96. The van der Waals surface area contributed by atoms with Crippen LogP contribution >= 0.6 is 0 Å². The third kappa shape index (κ3) is 1.44. The van der Waals surface area contributed by atoms with Crippen LogP contribution in [0.3, 0.4) is 0 Å². The molecule has 1 aromatic carbocycles. The maximum Gasteiger partial charge on any atom is 0.338 e. The van der Waals surface area contributed by atoms with E-state index in [1.54, 1.807) is 0 Å². The maximum absolute atomic E-state index is 11.3. The molecule has 0 saturated heterocycles. The van der Waals surface area contributed by atoms with Gasteiger partial charge < -0.3 is 4.74 Å². The predicted molar refractivity (Wildman–Crippen MR) is 49.8 cm³/mol. The Kier molecular flexibility index (Phi) is 2.05. The van der Waals surface area contributed by atoms with Gasteiger partial charge in [0, 0.05) is 6.42 Å². The Hall–Kier alpha value is -1.31. The Balaban J connectivity index is 2.45. The van der Waals surface area contributed by atoms with Crippen LogP contribution in [-0.4, -0.2) is 12.6 Å². The minimum absolute atomic E-state index is 0.177. The van der Waals surface area contributed by atoms with E-state index in [1.165, 1.54) is 5.56 Å². The van der Waals surface area contributed by atoms with Crippen molar-refractivity contribution in [2.75, 3.05) is 6.61 Å². The minimum atomic E-state index is -0.177. The van der Waals surface area contributed by atoms with Crippen LogP contribution in [0, 0.1) is 0 Å². The molecule has 1 aromatic rings. The molecular formula is C11H12O2. The van der Waals surface area contributed by atoms with Gasteiger partial charge in [-0.1, -0.05) is 19.1 Å². The zero-order chi connectivity index (χ0) is 9.26. The van der Waals surface area contributed by atoms with Crippen molar-refractivity contribution >= 4 is 5.97 Å². The Labute approximate surface area is 77.5 Å². The Morgan fingerprint density at radius 2 is 2.31 bits per heavy atom. The highest BCUT2D eigenvalue weighted by Crippen LogP contribution is 2.18. The number of carbonyl (C=O) groups excluding carboxylic acids is 1. The molecule has 0 bridgehead atoms. The summed E-state index contributed by atoms with van der Waals surface area (Å²) >= 11 is 0. The van der Waals surface area contributed by atoms with Crippen molar-refractivity contribution in [1.82, 2.24) is 0 Å². The van der Waals surface area contributed by atoms with Gasteiger partial charge in [0.2, 0.25) is 0 Å². The Morgan fingerprint density at radius 3 is 3.08 bits per heavy atom. The molecule has 0 atom stereocenters. The first-order valence-electron chi connectivity index (χ1n) is 4.60. The first-order chi connectivity index (χ1) is 6.31. The maximum atomic E-state index is 11.3. The van der Waals surface area contributed by atoms with Crippen molar-refractivity contribution in [3.05, 3.63) is 34.9 Å². The summed E-state index contributed by atoms with van der Waals surface area (Å²) in [6.45, 7) is 2.64. The summed E-state index contributed by atoms with van der Waals surface area (Å²) in [4.78, 5) is 11.3. The van der Waals surface area contributed by atoms with Crippen LogP contribution in [-0.2, 0) is 17.6 Å². The molecule has 0 radical (unpaired) electrons. The van der Waals surface area contributed by atoms with E-state index >= 15 is 0 Å². The molecule has 2 nitrogen and oxygen atoms in total. The van der Waals surface area contributed by atoms with Gasteiger partial charge in [-0.3, -0.25) is 0 Å². The van der Waals surface area contributed by atoms with Gasteiger partial charge in [0.25, 0.3) is 0 Å². The molecule has 1 aliphatic heterocycles. The lowest BCUT2D eigenvalue weighted by atomic mass is 9.99. The van der Waals surface area contributed by atoms with Crippen LogP contribution in [0.5, 0.6) is 0 Å². The van der Waals surface area contributed by atoms with Crippen molar-refractivity contribution in [2.45, 2.75) is 19.8 Å².